The van der Waals surface area contributed by atoms with Crippen molar-refractivity contribution in [2.45, 2.75) is 12.8 Å². The number of phenols is 2. The molecular weight excluding hydrogens is 564 g/mol. The molecular formula is C35H30O9. The molecule has 6 rings (SSSR count). The number of fused-ring (bicyclic) bond motifs is 9. The summed E-state index contributed by atoms with van der Waals surface area (Å²) >= 11 is 0. The van der Waals surface area contributed by atoms with Gasteiger partial charge in [-0.3, -0.25) is 4.79 Å². The number of benzene rings is 5. The van der Waals surface area contributed by atoms with E-state index in [1.165, 1.54) is 6.07 Å². The molecule has 0 aliphatic carbocycles. The number of rotatable bonds is 1. The van der Waals surface area contributed by atoms with Gasteiger partial charge in [0.1, 0.15) is 6.29 Å². The van der Waals surface area contributed by atoms with E-state index in [0.29, 0.717) is 41.6 Å². The number of carbonyl (C=O) groups excluding carboxylic acids is 1. The second kappa shape index (κ2) is 12.9. The Bertz CT molecular complexity index is 1850. The van der Waals surface area contributed by atoms with Crippen LogP contribution in [0.15, 0.2) is 91.0 Å². The van der Waals surface area contributed by atoms with Gasteiger partial charge in [0.15, 0.2) is 61.7 Å². The van der Waals surface area contributed by atoms with E-state index in [1.54, 1.807) is 24.3 Å². The summed E-state index contributed by atoms with van der Waals surface area (Å²) in [5.74, 6) is 1.01. The van der Waals surface area contributed by atoms with Gasteiger partial charge in [-0.2, -0.15) is 0 Å². The third-order valence-electron chi connectivity index (χ3n) is 7.33. The Hall–Kier alpha value is -5.25. The van der Waals surface area contributed by atoms with Gasteiger partial charge in [0.25, 0.3) is 0 Å². The van der Waals surface area contributed by atoms with Crippen molar-refractivity contribution in [1.29, 1.82) is 0 Å². The molecule has 1 heterocycles. The molecule has 0 saturated carbocycles. The minimum absolute atomic E-state index is 0.0243. The Balaban J connectivity index is 1.37. The molecule has 224 valence electrons. The van der Waals surface area contributed by atoms with E-state index in [2.05, 4.69) is 6.58 Å². The molecule has 9 heteroatoms. The quantitative estimate of drug-likeness (QED) is 0.163. The summed E-state index contributed by atoms with van der Waals surface area (Å²) in [6.07, 6.45) is 1.34. The normalized spacial score (nSPS) is 14.7. The average Bonchev–Trinajstić information content (AvgIpc) is 3.04. The Morgan fingerprint density at radius 1 is 0.591 bits per heavy atom. The zero-order valence-electron chi connectivity index (χ0n) is 23.8. The molecule has 0 radical (unpaired) electrons. The topological polar surface area (TPSA) is 113 Å². The van der Waals surface area contributed by atoms with Crippen LogP contribution >= 0.6 is 0 Å². The monoisotopic (exact) mass is 594 g/mol. The molecule has 1 aliphatic rings. The lowest BCUT2D eigenvalue weighted by Gasteiger charge is -2.18. The molecule has 44 heavy (non-hydrogen) atoms. The molecule has 0 atom stereocenters. The number of aromatic hydroxyl groups is 2. The number of hydrogen-bond donors (Lipinski definition) is 2. The highest BCUT2D eigenvalue weighted by Gasteiger charge is 2.19. The molecule has 5 aromatic rings. The van der Waals surface area contributed by atoms with E-state index in [9.17, 15) is 15.0 Å². The molecule has 0 fully saturated rings. The van der Waals surface area contributed by atoms with Crippen LogP contribution in [0.4, 0.5) is 0 Å². The third kappa shape index (κ3) is 6.10. The van der Waals surface area contributed by atoms with Crippen LogP contribution in [-0.2, 0) is 22.3 Å². The molecule has 0 unspecified atom stereocenters. The fourth-order valence-electron chi connectivity index (χ4n) is 5.23. The van der Waals surface area contributed by atoms with Gasteiger partial charge in [-0.25, -0.2) is 0 Å². The first-order valence-corrected chi connectivity index (χ1v) is 13.9. The van der Waals surface area contributed by atoms with Crippen molar-refractivity contribution in [2.24, 2.45) is 0 Å². The molecule has 2 N–H and O–H groups in total. The maximum Gasteiger partial charge on any atom is 0.192 e. The van der Waals surface area contributed by atoms with Crippen LogP contribution in [-0.4, -0.2) is 43.7 Å². The first-order chi connectivity index (χ1) is 21.5. The van der Waals surface area contributed by atoms with Crippen molar-refractivity contribution < 1.29 is 43.4 Å². The predicted octanol–water partition coefficient (Wildman–Crippen LogP) is 6.65. The van der Waals surface area contributed by atoms with E-state index < -0.39 is 0 Å². The highest BCUT2D eigenvalue weighted by Crippen LogP contribution is 2.41. The molecule has 0 spiro atoms. The Kier molecular flexibility index (Phi) is 8.49. The Morgan fingerprint density at radius 2 is 1.07 bits per heavy atom. The number of allylic oxidation sites excluding steroid dienone is 1. The fraction of sp³-hybridized carbons (Fsp3) is 0.171. The predicted molar refractivity (Wildman–Crippen MR) is 164 cm³/mol. The number of aldehydes is 1. The van der Waals surface area contributed by atoms with E-state index >= 15 is 0 Å². The van der Waals surface area contributed by atoms with Crippen LogP contribution in [0, 0.1) is 0 Å². The number of carbonyl (C=O) groups is 1. The second-order valence-corrected chi connectivity index (χ2v) is 10.2. The lowest BCUT2D eigenvalue weighted by Crippen LogP contribution is -2.11. The second-order valence-electron chi connectivity index (χ2n) is 10.2. The number of hydrogen-bond acceptors (Lipinski definition) is 9. The summed E-state index contributed by atoms with van der Waals surface area (Å²) in [6.45, 7) is 3.47. The van der Waals surface area contributed by atoms with Crippen molar-refractivity contribution in [3.63, 3.8) is 0 Å². The van der Waals surface area contributed by atoms with Gasteiger partial charge in [0, 0.05) is 16.7 Å². The average molecular weight is 595 g/mol. The molecule has 0 amide bonds. The van der Waals surface area contributed by atoms with Crippen LogP contribution < -0.4 is 18.9 Å². The summed E-state index contributed by atoms with van der Waals surface area (Å²) < 4.78 is 34.1. The lowest BCUT2D eigenvalue weighted by atomic mass is 9.92. The minimum atomic E-state index is -0.219. The van der Waals surface area contributed by atoms with Gasteiger partial charge in [0.2, 0.25) is 0 Å². The first-order valence-electron chi connectivity index (χ1n) is 13.9. The largest absolute Gasteiger partial charge is 0.504 e. The minimum Gasteiger partial charge on any atom is -0.504 e. The Labute approximate surface area is 253 Å². The summed E-state index contributed by atoms with van der Waals surface area (Å²) in [7, 11) is 0. The lowest BCUT2D eigenvalue weighted by molar-refractivity contribution is -0.0640. The van der Waals surface area contributed by atoms with Gasteiger partial charge in [-0.15, -0.1) is 0 Å². The zero-order chi connectivity index (χ0) is 30.5. The van der Waals surface area contributed by atoms with Crippen LogP contribution in [0.2, 0.25) is 0 Å². The molecule has 4 bridgehead atoms. The van der Waals surface area contributed by atoms with Crippen LogP contribution in [0.1, 0.15) is 21.5 Å². The van der Waals surface area contributed by atoms with Gasteiger partial charge < -0.3 is 38.6 Å². The molecule has 0 saturated heterocycles. The standard InChI is InChI=1S/C35H30O9/c1-22-12-28-26-8-4-2-6-24(26)15-32(34(28)37)43-20-39-18-41-30-11-10-23(17-36)14-31(30)42-19-40-21-44-33-16-25-7-3-5-9-27(25)29(13-22)35(33)38/h2-11,14-17,37-38H,1,12-13,18-21H2. The van der Waals surface area contributed by atoms with Crippen molar-refractivity contribution in [1.82, 2.24) is 0 Å². The third-order valence-corrected chi connectivity index (χ3v) is 7.33. The van der Waals surface area contributed by atoms with Gasteiger partial charge in [-0.1, -0.05) is 60.7 Å². The Morgan fingerprint density at radius 3 is 1.59 bits per heavy atom. The summed E-state index contributed by atoms with van der Waals surface area (Å²) in [4.78, 5) is 11.3. The van der Waals surface area contributed by atoms with Crippen LogP contribution in [0.5, 0.6) is 34.5 Å². The SMILES string of the molecule is C=C1Cc2c(O)c(cc3ccccc23)OCOCOc2ccc(C=O)cc2OCOCOc2cc3ccccc3c(c2O)C1. The molecule has 5 aromatic carbocycles. The van der Waals surface area contributed by atoms with Gasteiger partial charge >= 0.3 is 0 Å². The highest BCUT2D eigenvalue weighted by atomic mass is 16.7. The highest BCUT2D eigenvalue weighted by molar-refractivity contribution is 5.91. The summed E-state index contributed by atoms with van der Waals surface area (Å²) in [5, 5.41) is 26.1. The van der Waals surface area contributed by atoms with Crippen molar-refractivity contribution >= 4 is 27.8 Å². The summed E-state index contributed by atoms with van der Waals surface area (Å²) in [6, 6.07) is 23.5. The van der Waals surface area contributed by atoms with Crippen molar-refractivity contribution in [3.05, 3.63) is 108 Å². The van der Waals surface area contributed by atoms with Crippen molar-refractivity contribution in [2.75, 3.05) is 27.2 Å². The fourth-order valence-corrected chi connectivity index (χ4v) is 5.23. The van der Waals surface area contributed by atoms with Crippen LogP contribution in [0.25, 0.3) is 21.5 Å². The van der Waals surface area contributed by atoms with E-state index in [-0.39, 0.29) is 55.9 Å². The molecule has 0 aromatic heterocycles. The maximum absolute atomic E-state index is 11.3. The van der Waals surface area contributed by atoms with Gasteiger partial charge in [-0.05, 0) is 64.7 Å². The molecule has 9 nitrogen and oxygen atoms in total. The number of ether oxygens (including phenoxy) is 6. The zero-order valence-corrected chi connectivity index (χ0v) is 23.8. The van der Waals surface area contributed by atoms with Crippen LogP contribution in [0.3, 0.4) is 0 Å². The van der Waals surface area contributed by atoms with Crippen molar-refractivity contribution in [3.8, 4) is 34.5 Å². The number of phenolic OH excluding ortho intramolecular Hbond substituents is 2. The summed E-state index contributed by atoms with van der Waals surface area (Å²) in [5.41, 5.74) is 2.43. The molecule has 1 aliphatic heterocycles. The van der Waals surface area contributed by atoms with E-state index in [0.717, 1.165) is 27.1 Å². The maximum atomic E-state index is 11.3. The van der Waals surface area contributed by atoms with E-state index in [1.807, 2.05) is 48.5 Å². The van der Waals surface area contributed by atoms with Gasteiger partial charge in [0.05, 0.1) is 0 Å². The smallest absolute Gasteiger partial charge is 0.192 e. The first kappa shape index (κ1) is 28.9. The van der Waals surface area contributed by atoms with E-state index in [4.69, 9.17) is 28.4 Å².